The summed E-state index contributed by atoms with van der Waals surface area (Å²) in [4.78, 5) is 15.7. The molecule has 0 bridgehead atoms. The van der Waals surface area contributed by atoms with Crippen LogP contribution in [0.3, 0.4) is 0 Å². The van der Waals surface area contributed by atoms with Gasteiger partial charge in [-0.3, -0.25) is 4.79 Å². The zero-order chi connectivity index (χ0) is 18.4. The largest absolute Gasteiger partial charge is 0.417 e. The van der Waals surface area contributed by atoms with Crippen LogP contribution in [-0.2, 0) is 11.0 Å². The van der Waals surface area contributed by atoms with Crippen molar-refractivity contribution in [1.82, 2.24) is 10.3 Å². The minimum Gasteiger partial charge on any atom is -0.349 e. The highest BCUT2D eigenvalue weighted by molar-refractivity contribution is 7.99. The fraction of sp³-hybridized carbons (Fsp3) is 0.235. The number of hydrogen-bond acceptors (Lipinski definition) is 4. The Kier molecular flexibility index (Phi) is 6.04. The number of benzene rings is 1. The standard InChI is InChI=1S/C17H14F3N3OS/c1-11(13-4-2-12(8-21)3-5-13)23-15(24)10-25-16-7-6-14(9-22-16)17(18,19)20/h2-7,9,11H,10H2,1H3,(H,23,24). The molecule has 0 saturated heterocycles. The number of carbonyl (C=O) groups excluding carboxylic acids is 1. The lowest BCUT2D eigenvalue weighted by Crippen LogP contribution is -2.28. The van der Waals surface area contributed by atoms with Gasteiger partial charge in [0.15, 0.2) is 0 Å². The molecule has 0 aliphatic rings. The van der Waals surface area contributed by atoms with Gasteiger partial charge in [-0.25, -0.2) is 4.98 Å². The maximum absolute atomic E-state index is 12.5. The fourth-order valence-electron chi connectivity index (χ4n) is 1.99. The van der Waals surface area contributed by atoms with Crippen molar-refractivity contribution in [3.05, 3.63) is 59.3 Å². The molecule has 130 valence electrons. The molecule has 0 radical (unpaired) electrons. The first kappa shape index (κ1) is 18.8. The summed E-state index contributed by atoms with van der Waals surface area (Å²) in [6.45, 7) is 1.81. The number of amides is 1. The van der Waals surface area contributed by atoms with E-state index < -0.39 is 11.7 Å². The van der Waals surface area contributed by atoms with Gasteiger partial charge in [0.1, 0.15) is 0 Å². The van der Waals surface area contributed by atoms with Crippen molar-refractivity contribution in [3.8, 4) is 6.07 Å². The third kappa shape index (κ3) is 5.50. The van der Waals surface area contributed by atoms with Crippen molar-refractivity contribution < 1.29 is 18.0 Å². The molecule has 1 atom stereocenters. The van der Waals surface area contributed by atoms with Crippen LogP contribution in [0.15, 0.2) is 47.6 Å². The summed E-state index contributed by atoms with van der Waals surface area (Å²) >= 11 is 1.06. The number of nitrogens with one attached hydrogen (secondary N) is 1. The molecule has 1 unspecified atom stereocenters. The van der Waals surface area contributed by atoms with Gasteiger partial charge in [-0.05, 0) is 36.8 Å². The summed E-state index contributed by atoms with van der Waals surface area (Å²) < 4.78 is 37.4. The molecule has 1 N–H and O–H groups in total. The van der Waals surface area contributed by atoms with Crippen LogP contribution < -0.4 is 5.32 Å². The number of alkyl halides is 3. The number of thioether (sulfide) groups is 1. The Bertz CT molecular complexity index is 768. The van der Waals surface area contributed by atoms with Crippen LogP contribution in [0, 0.1) is 11.3 Å². The zero-order valence-electron chi connectivity index (χ0n) is 13.2. The first-order valence-corrected chi connectivity index (χ1v) is 8.23. The summed E-state index contributed by atoms with van der Waals surface area (Å²) in [6.07, 6.45) is -3.68. The number of hydrogen-bond donors (Lipinski definition) is 1. The lowest BCUT2D eigenvalue weighted by molar-refractivity contribution is -0.137. The summed E-state index contributed by atoms with van der Waals surface area (Å²) in [7, 11) is 0. The van der Waals surface area contributed by atoms with Gasteiger partial charge in [-0.1, -0.05) is 23.9 Å². The monoisotopic (exact) mass is 365 g/mol. The van der Waals surface area contributed by atoms with Crippen LogP contribution in [-0.4, -0.2) is 16.6 Å². The first-order valence-electron chi connectivity index (χ1n) is 7.25. The number of carbonyl (C=O) groups is 1. The molecule has 1 heterocycles. The molecule has 0 spiro atoms. The average molecular weight is 365 g/mol. The number of halogens is 3. The minimum atomic E-state index is -4.43. The topological polar surface area (TPSA) is 65.8 Å². The third-order valence-electron chi connectivity index (χ3n) is 3.33. The van der Waals surface area contributed by atoms with E-state index in [-0.39, 0.29) is 17.7 Å². The predicted molar refractivity (Wildman–Crippen MR) is 87.7 cm³/mol. The van der Waals surface area contributed by atoms with Crippen molar-refractivity contribution in [1.29, 1.82) is 5.26 Å². The van der Waals surface area contributed by atoms with E-state index in [0.717, 1.165) is 29.6 Å². The average Bonchev–Trinajstić information content (AvgIpc) is 2.59. The molecule has 1 amide bonds. The lowest BCUT2D eigenvalue weighted by atomic mass is 10.1. The Labute approximate surface area is 147 Å². The van der Waals surface area contributed by atoms with Gasteiger partial charge in [0.2, 0.25) is 5.91 Å². The van der Waals surface area contributed by atoms with E-state index in [0.29, 0.717) is 10.6 Å². The van der Waals surface area contributed by atoms with Crippen molar-refractivity contribution >= 4 is 17.7 Å². The highest BCUT2D eigenvalue weighted by Gasteiger charge is 2.30. The fourth-order valence-corrected chi connectivity index (χ4v) is 2.64. The third-order valence-corrected chi connectivity index (χ3v) is 4.28. The second-order valence-electron chi connectivity index (χ2n) is 5.19. The quantitative estimate of drug-likeness (QED) is 0.815. The van der Waals surface area contributed by atoms with Crippen LogP contribution in [0.5, 0.6) is 0 Å². The van der Waals surface area contributed by atoms with E-state index >= 15 is 0 Å². The van der Waals surface area contributed by atoms with E-state index in [4.69, 9.17) is 5.26 Å². The smallest absolute Gasteiger partial charge is 0.349 e. The normalized spacial score (nSPS) is 12.3. The maximum atomic E-state index is 12.5. The molecule has 2 rings (SSSR count). The Morgan fingerprint density at radius 2 is 1.96 bits per heavy atom. The highest BCUT2D eigenvalue weighted by atomic mass is 32.2. The van der Waals surface area contributed by atoms with Crippen molar-refractivity contribution in [2.24, 2.45) is 0 Å². The van der Waals surface area contributed by atoms with Crippen LogP contribution in [0.25, 0.3) is 0 Å². The molecule has 4 nitrogen and oxygen atoms in total. The molecule has 0 saturated carbocycles. The van der Waals surface area contributed by atoms with E-state index in [2.05, 4.69) is 10.3 Å². The Balaban J connectivity index is 1.86. The second kappa shape index (κ2) is 8.03. The van der Waals surface area contributed by atoms with Gasteiger partial charge in [0.25, 0.3) is 0 Å². The number of rotatable bonds is 5. The molecule has 0 aliphatic carbocycles. The minimum absolute atomic E-state index is 0.0407. The number of aromatic nitrogens is 1. The second-order valence-corrected chi connectivity index (χ2v) is 6.19. The molecule has 2 aromatic rings. The Morgan fingerprint density at radius 1 is 1.28 bits per heavy atom. The molecule has 8 heteroatoms. The summed E-state index contributed by atoms with van der Waals surface area (Å²) in [5.74, 6) is -0.220. The van der Waals surface area contributed by atoms with Crippen LogP contribution in [0.1, 0.15) is 29.7 Å². The number of nitrogens with zero attached hydrogens (tertiary/aromatic N) is 2. The van der Waals surface area contributed by atoms with Gasteiger partial charge in [0.05, 0.1) is 34.0 Å². The summed E-state index contributed by atoms with van der Waals surface area (Å²) in [6, 6.07) is 10.8. The highest BCUT2D eigenvalue weighted by Crippen LogP contribution is 2.29. The van der Waals surface area contributed by atoms with Crippen LogP contribution >= 0.6 is 11.8 Å². The molecule has 1 aromatic carbocycles. The lowest BCUT2D eigenvalue weighted by Gasteiger charge is -2.14. The van der Waals surface area contributed by atoms with Crippen LogP contribution in [0.4, 0.5) is 13.2 Å². The molecular weight excluding hydrogens is 351 g/mol. The molecule has 25 heavy (non-hydrogen) atoms. The molecular formula is C17H14F3N3OS. The summed E-state index contributed by atoms with van der Waals surface area (Å²) in [5.41, 5.74) is 0.562. The molecule has 1 aromatic heterocycles. The predicted octanol–water partition coefficient (Wildman–Crippen LogP) is 3.94. The van der Waals surface area contributed by atoms with Crippen LogP contribution in [0.2, 0.25) is 0 Å². The van der Waals surface area contributed by atoms with Gasteiger partial charge < -0.3 is 5.32 Å². The Morgan fingerprint density at radius 3 is 2.48 bits per heavy atom. The van der Waals surface area contributed by atoms with E-state index in [1.165, 1.54) is 6.07 Å². The van der Waals surface area contributed by atoms with Gasteiger partial charge in [0, 0.05) is 6.20 Å². The van der Waals surface area contributed by atoms with Gasteiger partial charge in [-0.2, -0.15) is 18.4 Å². The van der Waals surface area contributed by atoms with Gasteiger partial charge >= 0.3 is 6.18 Å². The molecule has 0 aliphatic heterocycles. The SMILES string of the molecule is CC(NC(=O)CSc1ccc(C(F)(F)F)cn1)c1ccc(C#N)cc1. The van der Waals surface area contributed by atoms with Crippen molar-refractivity contribution in [2.75, 3.05) is 5.75 Å². The number of pyridine rings is 1. The first-order chi connectivity index (χ1) is 11.8. The van der Waals surface area contributed by atoms with E-state index in [9.17, 15) is 18.0 Å². The van der Waals surface area contributed by atoms with Crippen molar-refractivity contribution in [3.63, 3.8) is 0 Å². The Hall–Kier alpha value is -2.53. The summed E-state index contributed by atoms with van der Waals surface area (Å²) in [5, 5.41) is 11.9. The van der Waals surface area contributed by atoms with Crippen molar-refractivity contribution in [2.45, 2.75) is 24.2 Å². The van der Waals surface area contributed by atoms with E-state index in [1.54, 1.807) is 31.2 Å². The molecule has 0 fully saturated rings. The van der Waals surface area contributed by atoms with Gasteiger partial charge in [-0.15, -0.1) is 0 Å². The zero-order valence-corrected chi connectivity index (χ0v) is 14.0. The number of nitriles is 1. The van der Waals surface area contributed by atoms with E-state index in [1.807, 2.05) is 6.07 Å². The maximum Gasteiger partial charge on any atom is 0.417 e.